The topological polar surface area (TPSA) is 77.3 Å². The number of hydrogen-bond acceptors (Lipinski definition) is 5. The molecule has 0 atom stereocenters. The van der Waals surface area contributed by atoms with Gasteiger partial charge in [-0.05, 0) is 34.9 Å². The molecule has 1 N–H and O–H groups in total. The van der Waals surface area contributed by atoms with Crippen LogP contribution < -0.4 is 10.1 Å². The highest BCUT2D eigenvalue weighted by Gasteiger charge is 2.20. The molecule has 0 radical (unpaired) electrons. The Morgan fingerprint density at radius 2 is 2.44 bits per heavy atom. The third-order valence-electron chi connectivity index (χ3n) is 2.29. The molecule has 0 amide bonds. The second kappa shape index (κ2) is 4.89. The van der Waals surface area contributed by atoms with Crippen molar-refractivity contribution in [3.63, 3.8) is 0 Å². The minimum atomic E-state index is -0.538. The number of aromatic nitrogens is 1. The van der Waals surface area contributed by atoms with E-state index in [0.29, 0.717) is 19.2 Å². The summed E-state index contributed by atoms with van der Waals surface area (Å²) < 4.78 is 5.31. The molecule has 6 nitrogen and oxygen atoms in total. The zero-order valence-electron chi connectivity index (χ0n) is 8.76. The zero-order chi connectivity index (χ0) is 11.4. The van der Waals surface area contributed by atoms with Crippen LogP contribution in [0.3, 0.4) is 0 Å². The highest BCUT2D eigenvalue weighted by atomic mass is 16.6. The number of nitro groups is 1. The summed E-state index contributed by atoms with van der Waals surface area (Å²) in [5.74, 6) is -0.000908. The maximum atomic E-state index is 10.6. The highest BCUT2D eigenvalue weighted by Crippen LogP contribution is 2.22. The van der Waals surface area contributed by atoms with E-state index < -0.39 is 4.92 Å². The fourth-order valence-electron chi connectivity index (χ4n) is 1.34. The maximum Gasteiger partial charge on any atom is 0.406 e. The van der Waals surface area contributed by atoms with Crippen LogP contribution in [-0.4, -0.2) is 29.1 Å². The van der Waals surface area contributed by atoms with Gasteiger partial charge in [-0.2, -0.15) is 0 Å². The Labute approximate surface area is 92.8 Å². The summed E-state index contributed by atoms with van der Waals surface area (Å²) in [5, 5.41) is 13.9. The van der Waals surface area contributed by atoms with E-state index >= 15 is 0 Å². The van der Waals surface area contributed by atoms with Gasteiger partial charge in [0.2, 0.25) is 5.75 Å². The third-order valence-corrected chi connectivity index (χ3v) is 2.29. The molecule has 1 aliphatic carbocycles. The van der Waals surface area contributed by atoms with Crippen LogP contribution in [0, 0.1) is 10.1 Å². The third kappa shape index (κ3) is 2.90. The van der Waals surface area contributed by atoms with Crippen LogP contribution in [0.25, 0.3) is 0 Å². The molecular weight excluding hydrogens is 210 g/mol. The lowest BCUT2D eigenvalue weighted by Crippen LogP contribution is -2.23. The van der Waals surface area contributed by atoms with E-state index in [1.54, 1.807) is 12.1 Å². The van der Waals surface area contributed by atoms with Gasteiger partial charge in [-0.3, -0.25) is 0 Å². The van der Waals surface area contributed by atoms with Gasteiger partial charge in [0.15, 0.2) is 0 Å². The molecule has 6 heteroatoms. The van der Waals surface area contributed by atoms with Gasteiger partial charge in [0.25, 0.3) is 0 Å². The van der Waals surface area contributed by atoms with Gasteiger partial charge in [-0.25, -0.2) is 0 Å². The molecule has 0 aromatic carbocycles. The highest BCUT2D eigenvalue weighted by molar-refractivity contribution is 5.38. The summed E-state index contributed by atoms with van der Waals surface area (Å²) in [6.07, 6.45) is 3.81. The molecule has 1 aromatic heterocycles. The van der Waals surface area contributed by atoms with Gasteiger partial charge < -0.3 is 20.2 Å². The first kappa shape index (κ1) is 10.8. The smallest absolute Gasteiger partial charge is 0.406 e. The number of ether oxygens (including phenoxy) is 1. The van der Waals surface area contributed by atoms with Crippen LogP contribution in [0.1, 0.15) is 12.8 Å². The van der Waals surface area contributed by atoms with Crippen LogP contribution in [0.2, 0.25) is 0 Å². The van der Waals surface area contributed by atoms with Crippen molar-refractivity contribution >= 4 is 5.82 Å². The summed E-state index contributed by atoms with van der Waals surface area (Å²) in [4.78, 5) is 13.7. The molecule has 1 aromatic rings. The van der Waals surface area contributed by atoms with Crippen molar-refractivity contribution in [1.29, 1.82) is 0 Å². The standard InChI is InChI=1S/C10H13N3O3/c14-13(15)10-9(2-1-5-12-10)16-7-6-11-8-3-4-8/h1-2,5,8,11H,3-4,6-7H2. The minimum absolute atomic E-state index is 0.227. The molecule has 0 spiro atoms. The molecular formula is C10H13N3O3. The summed E-state index contributed by atoms with van der Waals surface area (Å²) in [6.45, 7) is 1.12. The molecule has 0 bridgehead atoms. The van der Waals surface area contributed by atoms with Crippen molar-refractivity contribution in [3.05, 3.63) is 28.4 Å². The Morgan fingerprint density at radius 3 is 3.12 bits per heavy atom. The monoisotopic (exact) mass is 223 g/mol. The van der Waals surface area contributed by atoms with Gasteiger partial charge >= 0.3 is 5.82 Å². The fraction of sp³-hybridized carbons (Fsp3) is 0.500. The van der Waals surface area contributed by atoms with Crippen LogP contribution in [0.15, 0.2) is 18.3 Å². The van der Waals surface area contributed by atoms with E-state index in [1.165, 1.54) is 19.0 Å². The lowest BCUT2D eigenvalue weighted by molar-refractivity contribution is -0.390. The Hall–Kier alpha value is -1.69. The molecule has 2 rings (SSSR count). The number of nitrogens with zero attached hydrogens (tertiary/aromatic N) is 2. The molecule has 86 valence electrons. The Balaban J connectivity index is 1.84. The lowest BCUT2D eigenvalue weighted by Gasteiger charge is -2.06. The molecule has 0 aliphatic heterocycles. The van der Waals surface area contributed by atoms with Crippen LogP contribution in [-0.2, 0) is 0 Å². The van der Waals surface area contributed by atoms with Gasteiger partial charge in [0.05, 0.1) is 0 Å². The van der Waals surface area contributed by atoms with Gasteiger partial charge in [-0.1, -0.05) is 0 Å². The van der Waals surface area contributed by atoms with Crippen LogP contribution in [0.5, 0.6) is 5.75 Å². The second-order valence-corrected chi connectivity index (χ2v) is 3.66. The average Bonchev–Trinajstić information content (AvgIpc) is 3.08. The predicted octanol–water partition coefficient (Wildman–Crippen LogP) is 1.12. The molecule has 1 heterocycles. The van der Waals surface area contributed by atoms with Crippen molar-refractivity contribution in [1.82, 2.24) is 10.3 Å². The van der Waals surface area contributed by atoms with Crippen molar-refractivity contribution < 1.29 is 9.66 Å². The van der Waals surface area contributed by atoms with E-state index in [2.05, 4.69) is 10.3 Å². The Bertz CT molecular complexity index is 379. The summed E-state index contributed by atoms with van der Waals surface area (Å²) in [7, 11) is 0. The molecule has 1 saturated carbocycles. The normalized spacial score (nSPS) is 14.8. The Morgan fingerprint density at radius 1 is 1.62 bits per heavy atom. The van der Waals surface area contributed by atoms with E-state index in [9.17, 15) is 10.1 Å². The first-order chi connectivity index (χ1) is 7.77. The lowest BCUT2D eigenvalue weighted by atomic mass is 10.4. The first-order valence-electron chi connectivity index (χ1n) is 5.23. The van der Waals surface area contributed by atoms with Gasteiger partial charge in [0.1, 0.15) is 12.8 Å². The average molecular weight is 223 g/mol. The van der Waals surface area contributed by atoms with Crippen molar-refractivity contribution in [3.8, 4) is 5.75 Å². The van der Waals surface area contributed by atoms with Crippen LogP contribution in [0.4, 0.5) is 5.82 Å². The number of nitrogens with one attached hydrogen (secondary N) is 1. The molecule has 1 fully saturated rings. The van der Waals surface area contributed by atoms with E-state index in [1.807, 2.05) is 0 Å². The van der Waals surface area contributed by atoms with E-state index in [0.717, 1.165) is 0 Å². The van der Waals surface area contributed by atoms with Gasteiger partial charge in [0, 0.05) is 12.6 Å². The summed E-state index contributed by atoms with van der Waals surface area (Å²) in [6, 6.07) is 3.80. The van der Waals surface area contributed by atoms with Crippen LogP contribution >= 0.6 is 0 Å². The van der Waals surface area contributed by atoms with Crippen molar-refractivity contribution in [2.45, 2.75) is 18.9 Å². The maximum absolute atomic E-state index is 10.6. The van der Waals surface area contributed by atoms with E-state index in [4.69, 9.17) is 4.74 Å². The molecule has 0 saturated heterocycles. The summed E-state index contributed by atoms with van der Waals surface area (Å²) >= 11 is 0. The fourth-order valence-corrected chi connectivity index (χ4v) is 1.34. The molecule has 1 aliphatic rings. The number of hydrogen-bond donors (Lipinski definition) is 1. The summed E-state index contributed by atoms with van der Waals surface area (Å²) in [5.41, 5.74) is 0. The van der Waals surface area contributed by atoms with Crippen molar-refractivity contribution in [2.75, 3.05) is 13.2 Å². The molecule has 16 heavy (non-hydrogen) atoms. The van der Waals surface area contributed by atoms with E-state index in [-0.39, 0.29) is 11.6 Å². The van der Waals surface area contributed by atoms with Gasteiger partial charge in [-0.15, -0.1) is 0 Å². The second-order valence-electron chi connectivity index (χ2n) is 3.66. The number of pyridine rings is 1. The Kier molecular flexibility index (Phi) is 3.31. The first-order valence-corrected chi connectivity index (χ1v) is 5.23. The predicted molar refractivity (Wildman–Crippen MR) is 57.4 cm³/mol. The largest absolute Gasteiger partial charge is 0.484 e. The zero-order valence-corrected chi connectivity index (χ0v) is 8.76. The van der Waals surface area contributed by atoms with Crippen molar-refractivity contribution in [2.24, 2.45) is 0 Å². The SMILES string of the molecule is O=[N+]([O-])c1ncccc1OCCNC1CC1. The number of rotatable bonds is 6. The molecule has 0 unspecified atom stereocenters. The quantitative estimate of drug-likeness (QED) is 0.444. The minimum Gasteiger partial charge on any atom is -0.484 e.